The maximum absolute atomic E-state index is 11.7. The molecule has 0 bridgehead atoms. The van der Waals surface area contributed by atoms with E-state index < -0.39 is 17.4 Å². The van der Waals surface area contributed by atoms with Crippen molar-refractivity contribution in [3.05, 3.63) is 0 Å². The van der Waals surface area contributed by atoms with Gasteiger partial charge in [-0.2, -0.15) is 0 Å². The number of rotatable bonds is 8. The van der Waals surface area contributed by atoms with Gasteiger partial charge in [-0.3, -0.25) is 4.79 Å². The van der Waals surface area contributed by atoms with Crippen LogP contribution in [0.4, 0.5) is 4.79 Å². The zero-order valence-corrected chi connectivity index (χ0v) is 10.8. The van der Waals surface area contributed by atoms with Gasteiger partial charge in [0.15, 0.2) is 0 Å². The molecule has 0 saturated heterocycles. The predicted molar refractivity (Wildman–Crippen MR) is 65.2 cm³/mol. The van der Waals surface area contributed by atoms with Crippen molar-refractivity contribution in [2.24, 2.45) is 5.41 Å². The lowest BCUT2D eigenvalue weighted by Gasteiger charge is -2.26. The molecule has 0 aromatic carbocycles. The summed E-state index contributed by atoms with van der Waals surface area (Å²) in [6.07, 6.45) is 0.391. The first-order valence-electron chi connectivity index (χ1n) is 5.89. The first-order chi connectivity index (χ1) is 8.41. The Morgan fingerprint density at radius 1 is 1.22 bits per heavy atom. The third-order valence-corrected chi connectivity index (χ3v) is 2.95. The molecule has 0 heterocycles. The van der Waals surface area contributed by atoms with Crippen LogP contribution < -0.4 is 5.32 Å². The molecule has 106 valence electrons. The van der Waals surface area contributed by atoms with Gasteiger partial charge in [-0.15, -0.1) is 0 Å². The van der Waals surface area contributed by atoms with Gasteiger partial charge < -0.3 is 25.5 Å². The third kappa shape index (κ3) is 4.89. The van der Waals surface area contributed by atoms with Gasteiger partial charge in [-0.05, 0) is 13.3 Å². The average molecular weight is 262 g/mol. The number of nitrogens with one attached hydrogen (secondary N) is 1. The minimum atomic E-state index is -1.01. The van der Waals surface area contributed by atoms with Crippen molar-refractivity contribution in [1.82, 2.24) is 10.2 Å². The fourth-order valence-electron chi connectivity index (χ4n) is 1.29. The number of hydrogen-bond acceptors (Lipinski definition) is 4. The van der Waals surface area contributed by atoms with Crippen molar-refractivity contribution < 1.29 is 24.9 Å². The van der Waals surface area contributed by atoms with Crippen LogP contribution >= 0.6 is 0 Å². The van der Waals surface area contributed by atoms with Gasteiger partial charge in [-0.1, -0.05) is 6.92 Å². The highest BCUT2D eigenvalue weighted by atomic mass is 16.4. The van der Waals surface area contributed by atoms with E-state index in [9.17, 15) is 9.59 Å². The topological polar surface area (TPSA) is 110 Å². The standard InChI is InChI=1S/C11H22N2O5/c1-3-11(2,9(16)17)8-12-10(18)13(4-6-14)5-7-15/h14-15H,3-8H2,1-2H3,(H,12,18)(H,16,17). The van der Waals surface area contributed by atoms with E-state index in [2.05, 4.69) is 5.32 Å². The fourth-order valence-corrected chi connectivity index (χ4v) is 1.29. The van der Waals surface area contributed by atoms with Crippen LogP contribution in [0.1, 0.15) is 20.3 Å². The van der Waals surface area contributed by atoms with E-state index >= 15 is 0 Å². The highest BCUT2D eigenvalue weighted by molar-refractivity contribution is 5.77. The Hall–Kier alpha value is -1.34. The minimum Gasteiger partial charge on any atom is -0.481 e. The summed E-state index contributed by atoms with van der Waals surface area (Å²) in [6.45, 7) is 3.07. The maximum atomic E-state index is 11.7. The quantitative estimate of drug-likeness (QED) is 0.470. The van der Waals surface area contributed by atoms with Crippen LogP contribution in [-0.4, -0.2) is 65.1 Å². The van der Waals surface area contributed by atoms with Gasteiger partial charge in [0.1, 0.15) is 0 Å². The lowest BCUT2D eigenvalue weighted by atomic mass is 9.88. The Labute approximate surface area is 106 Å². The summed E-state index contributed by atoms with van der Waals surface area (Å²) >= 11 is 0. The molecule has 0 aliphatic carbocycles. The molecule has 18 heavy (non-hydrogen) atoms. The maximum Gasteiger partial charge on any atom is 0.317 e. The zero-order chi connectivity index (χ0) is 14.2. The highest BCUT2D eigenvalue weighted by Gasteiger charge is 2.31. The van der Waals surface area contributed by atoms with Gasteiger partial charge in [-0.25, -0.2) is 4.79 Å². The number of hydrogen-bond donors (Lipinski definition) is 4. The van der Waals surface area contributed by atoms with Crippen LogP contribution in [0.5, 0.6) is 0 Å². The number of aliphatic hydroxyl groups excluding tert-OH is 2. The van der Waals surface area contributed by atoms with Gasteiger partial charge in [0, 0.05) is 19.6 Å². The monoisotopic (exact) mass is 262 g/mol. The van der Waals surface area contributed by atoms with Crippen molar-refractivity contribution >= 4 is 12.0 Å². The number of nitrogens with zero attached hydrogens (tertiary/aromatic N) is 1. The zero-order valence-electron chi connectivity index (χ0n) is 10.8. The number of carboxylic acid groups (broad SMARTS) is 1. The molecule has 0 aromatic rings. The Morgan fingerprint density at radius 3 is 2.06 bits per heavy atom. The molecule has 0 fully saturated rings. The van der Waals surface area contributed by atoms with Crippen LogP contribution in [-0.2, 0) is 4.79 Å². The van der Waals surface area contributed by atoms with Crippen molar-refractivity contribution in [1.29, 1.82) is 0 Å². The van der Waals surface area contributed by atoms with Crippen LogP contribution in [0.3, 0.4) is 0 Å². The molecule has 0 aliphatic rings. The molecule has 1 atom stereocenters. The van der Waals surface area contributed by atoms with Crippen molar-refractivity contribution in [2.75, 3.05) is 32.8 Å². The summed E-state index contributed by atoms with van der Waals surface area (Å²) in [6, 6.07) is -0.487. The fraction of sp³-hybridized carbons (Fsp3) is 0.818. The molecule has 0 saturated carbocycles. The normalized spacial score (nSPS) is 13.8. The van der Waals surface area contributed by atoms with E-state index in [0.29, 0.717) is 6.42 Å². The van der Waals surface area contributed by atoms with Gasteiger partial charge >= 0.3 is 12.0 Å². The number of amides is 2. The second-order valence-electron chi connectivity index (χ2n) is 4.31. The van der Waals surface area contributed by atoms with E-state index in [4.69, 9.17) is 15.3 Å². The number of carbonyl (C=O) groups is 2. The summed E-state index contributed by atoms with van der Waals surface area (Å²) in [7, 11) is 0. The largest absolute Gasteiger partial charge is 0.481 e. The second kappa shape index (κ2) is 7.88. The molecule has 0 radical (unpaired) electrons. The SMILES string of the molecule is CCC(C)(CNC(=O)N(CCO)CCO)C(=O)O. The second-order valence-corrected chi connectivity index (χ2v) is 4.31. The predicted octanol–water partition coefficient (Wildman–Crippen LogP) is -0.516. The summed E-state index contributed by atoms with van der Waals surface area (Å²) in [5, 5.41) is 29.1. The number of carboxylic acids is 1. The molecule has 1 unspecified atom stereocenters. The number of urea groups is 1. The molecule has 0 aromatic heterocycles. The van der Waals surface area contributed by atoms with E-state index in [1.54, 1.807) is 13.8 Å². The van der Waals surface area contributed by atoms with Crippen LogP contribution in [0, 0.1) is 5.41 Å². The number of carbonyl (C=O) groups excluding carboxylic acids is 1. The Balaban J connectivity index is 4.41. The van der Waals surface area contributed by atoms with Crippen molar-refractivity contribution in [3.63, 3.8) is 0 Å². The first-order valence-corrected chi connectivity index (χ1v) is 5.89. The van der Waals surface area contributed by atoms with Crippen molar-refractivity contribution in [3.8, 4) is 0 Å². The summed E-state index contributed by atoms with van der Waals surface area (Å²) in [5.74, 6) is -0.971. The van der Waals surface area contributed by atoms with Crippen molar-refractivity contribution in [2.45, 2.75) is 20.3 Å². The highest BCUT2D eigenvalue weighted by Crippen LogP contribution is 2.19. The molecule has 0 spiro atoms. The Morgan fingerprint density at radius 2 is 1.72 bits per heavy atom. The van der Waals surface area contributed by atoms with E-state index in [1.807, 2.05) is 0 Å². The van der Waals surface area contributed by atoms with E-state index in [-0.39, 0.29) is 32.8 Å². The molecule has 7 heteroatoms. The van der Waals surface area contributed by atoms with Crippen LogP contribution in [0.15, 0.2) is 0 Å². The lowest BCUT2D eigenvalue weighted by Crippen LogP contribution is -2.47. The van der Waals surface area contributed by atoms with E-state index in [1.165, 1.54) is 4.90 Å². The van der Waals surface area contributed by atoms with Gasteiger partial charge in [0.25, 0.3) is 0 Å². The summed E-state index contributed by atoms with van der Waals surface area (Å²) in [4.78, 5) is 24.0. The first kappa shape index (κ1) is 16.7. The Bertz CT molecular complexity index is 279. The third-order valence-electron chi connectivity index (χ3n) is 2.95. The summed E-state index contributed by atoms with van der Waals surface area (Å²) in [5.41, 5.74) is -1.01. The molecule has 4 N–H and O–H groups in total. The Kier molecular flexibility index (Phi) is 7.30. The smallest absolute Gasteiger partial charge is 0.317 e. The average Bonchev–Trinajstić information content (AvgIpc) is 2.35. The van der Waals surface area contributed by atoms with Crippen LogP contribution in [0.25, 0.3) is 0 Å². The minimum absolute atomic E-state index is 0.00498. The van der Waals surface area contributed by atoms with Gasteiger partial charge in [0.2, 0.25) is 0 Å². The number of aliphatic hydroxyl groups is 2. The molecule has 2 amide bonds. The molecular weight excluding hydrogens is 240 g/mol. The molecule has 0 rings (SSSR count). The summed E-state index contributed by atoms with van der Waals surface area (Å²) < 4.78 is 0. The van der Waals surface area contributed by atoms with Crippen LogP contribution in [0.2, 0.25) is 0 Å². The van der Waals surface area contributed by atoms with E-state index in [0.717, 1.165) is 0 Å². The number of aliphatic carboxylic acids is 1. The lowest BCUT2D eigenvalue weighted by molar-refractivity contribution is -0.147. The molecule has 0 aliphatic heterocycles. The molecule has 7 nitrogen and oxygen atoms in total. The molecular formula is C11H22N2O5. The van der Waals surface area contributed by atoms with Gasteiger partial charge in [0.05, 0.1) is 18.6 Å².